The van der Waals surface area contributed by atoms with E-state index in [9.17, 15) is 0 Å². The summed E-state index contributed by atoms with van der Waals surface area (Å²) in [7, 11) is 0. The molecular weight excluding hydrogens is 303 g/mol. The minimum atomic E-state index is -5.25. The van der Waals surface area contributed by atoms with Gasteiger partial charge in [-0.25, -0.2) is 0 Å². The van der Waals surface area contributed by atoms with E-state index in [1.807, 2.05) is 0 Å². The molecule has 0 atom stereocenters. The molecule has 0 heterocycles. The second kappa shape index (κ2) is 68.5. The quantitative estimate of drug-likeness (QED) is 0.409. The zero-order valence-corrected chi connectivity index (χ0v) is 8.83. The molecule has 0 fully saturated rings. The van der Waals surface area contributed by atoms with Gasteiger partial charge in [0.05, 0.1) is 0 Å². The fourth-order valence-corrected chi connectivity index (χ4v) is 0. The Labute approximate surface area is 85.1 Å². The van der Waals surface area contributed by atoms with Crippen LogP contribution < -0.4 is 0 Å². The van der Waals surface area contributed by atoms with Crippen LogP contribution in [0.3, 0.4) is 0 Å². The van der Waals surface area contributed by atoms with Crippen molar-refractivity contribution in [2.24, 2.45) is 0 Å². The van der Waals surface area contributed by atoms with E-state index in [0.717, 1.165) is 0 Å². The standard InChI is InChI=1S/H2O4Se.10H2O/c1-5(2,3)4;;;;;;;;;;/h(H2,1,2,3,4);10*1H2. The maximum absolute atomic E-state index is 8.82. The summed E-state index contributed by atoms with van der Waals surface area (Å²) >= 11 is -5.25. The molecule has 0 aliphatic carbocycles. The van der Waals surface area contributed by atoms with Crippen molar-refractivity contribution in [1.82, 2.24) is 0 Å². The number of rotatable bonds is 0. The summed E-state index contributed by atoms with van der Waals surface area (Å²) in [6.07, 6.45) is 0. The summed E-state index contributed by atoms with van der Waals surface area (Å²) in [5, 5.41) is 0. The van der Waals surface area contributed by atoms with Crippen LogP contribution >= 0.6 is 0 Å². The minimum absolute atomic E-state index is 0. The summed E-state index contributed by atoms with van der Waals surface area (Å²) in [6, 6.07) is 0. The van der Waals surface area contributed by atoms with Crippen LogP contribution in [0.5, 0.6) is 0 Å². The van der Waals surface area contributed by atoms with Gasteiger partial charge in [0, 0.05) is 0 Å². The predicted molar refractivity (Wildman–Crippen MR) is 47.7 cm³/mol. The molecule has 0 bridgehead atoms. The third-order valence-corrected chi connectivity index (χ3v) is 0. The van der Waals surface area contributed by atoms with Gasteiger partial charge in [0.1, 0.15) is 0 Å². The van der Waals surface area contributed by atoms with Crippen LogP contribution in [0.25, 0.3) is 0 Å². The molecule has 0 saturated heterocycles. The molecule has 0 radical (unpaired) electrons. The molecule has 0 amide bonds. The maximum atomic E-state index is 8.82. The molecule has 0 aromatic heterocycles. The predicted octanol–water partition coefficient (Wildman–Crippen LogP) is -9.98. The first-order valence-electron chi connectivity index (χ1n) is 0.698. The average molecular weight is 325 g/mol. The first-order chi connectivity index (χ1) is 2.00. The van der Waals surface area contributed by atoms with Crippen molar-refractivity contribution >= 4 is 13.4 Å². The van der Waals surface area contributed by atoms with E-state index in [4.69, 9.17) is 16.0 Å². The van der Waals surface area contributed by atoms with Crippen molar-refractivity contribution in [3.8, 4) is 0 Å². The van der Waals surface area contributed by atoms with Crippen LogP contribution in [-0.2, 0) is 7.67 Å². The van der Waals surface area contributed by atoms with E-state index in [-0.39, 0.29) is 54.8 Å². The monoisotopic (exact) mass is 326 g/mol. The number of hydrogen-bond acceptors (Lipinski definition) is 2. The third-order valence-electron chi connectivity index (χ3n) is 0. The van der Waals surface area contributed by atoms with Crippen LogP contribution in [0.2, 0.25) is 0 Å². The zero-order valence-electron chi connectivity index (χ0n) is 7.12. The van der Waals surface area contributed by atoms with E-state index in [0.29, 0.717) is 0 Å². The Morgan fingerprint density at radius 3 is 0.467 bits per heavy atom. The van der Waals surface area contributed by atoms with Crippen LogP contribution in [0.15, 0.2) is 0 Å². The van der Waals surface area contributed by atoms with Crippen molar-refractivity contribution in [3.63, 3.8) is 0 Å². The second-order valence-electron chi connectivity index (χ2n) is 0.448. The molecule has 112 valence electrons. The molecule has 0 aromatic carbocycles. The molecule has 0 aliphatic rings. The van der Waals surface area contributed by atoms with Crippen LogP contribution in [0.1, 0.15) is 0 Å². The molecule has 15 heteroatoms. The first-order valence-corrected chi connectivity index (χ1v) is 3.63. The van der Waals surface area contributed by atoms with Crippen molar-refractivity contribution in [2.45, 2.75) is 0 Å². The van der Waals surface area contributed by atoms with Crippen molar-refractivity contribution in [1.29, 1.82) is 0 Å². The van der Waals surface area contributed by atoms with E-state index in [2.05, 4.69) is 0 Å². The van der Waals surface area contributed by atoms with Gasteiger partial charge in [-0.3, -0.25) is 0 Å². The molecule has 0 rings (SSSR count). The molecule has 0 spiro atoms. The van der Waals surface area contributed by atoms with Crippen LogP contribution in [0.4, 0.5) is 0 Å². The van der Waals surface area contributed by atoms with Gasteiger partial charge in [0.15, 0.2) is 0 Å². The summed E-state index contributed by atoms with van der Waals surface area (Å²) in [5.41, 5.74) is 0. The fraction of sp³-hybridized carbons (Fsp3) is 0. The van der Waals surface area contributed by atoms with Gasteiger partial charge in [-0.15, -0.1) is 0 Å². The fourth-order valence-electron chi connectivity index (χ4n) is 0. The number of hydrogen-bond donors (Lipinski definition) is 2. The van der Waals surface area contributed by atoms with Gasteiger partial charge >= 0.3 is 29.4 Å². The Bertz CT molecular complexity index is 88.5. The van der Waals surface area contributed by atoms with Gasteiger partial charge in [0.25, 0.3) is 0 Å². The molecule has 22 N–H and O–H groups in total. The third kappa shape index (κ3) is 14200. The van der Waals surface area contributed by atoms with Gasteiger partial charge in [-0.05, 0) is 0 Å². The van der Waals surface area contributed by atoms with E-state index in [1.165, 1.54) is 0 Å². The molecule has 0 aliphatic heterocycles. The molecule has 0 aromatic rings. The Morgan fingerprint density at radius 2 is 0.467 bits per heavy atom. The Hall–Kier alpha value is -0.361. The van der Waals surface area contributed by atoms with Gasteiger partial charge < -0.3 is 54.8 Å². The summed E-state index contributed by atoms with van der Waals surface area (Å²) < 4.78 is 31.9. The summed E-state index contributed by atoms with van der Waals surface area (Å²) in [5.74, 6) is 0. The first kappa shape index (κ1) is 206. The van der Waals surface area contributed by atoms with Gasteiger partial charge in [-0.1, -0.05) is 0 Å². The Morgan fingerprint density at radius 1 is 0.467 bits per heavy atom. The summed E-state index contributed by atoms with van der Waals surface area (Å²) in [6.45, 7) is 0. The molecule has 15 heavy (non-hydrogen) atoms. The van der Waals surface area contributed by atoms with Gasteiger partial charge in [-0.2, -0.15) is 0 Å². The van der Waals surface area contributed by atoms with Crippen LogP contribution in [-0.4, -0.2) is 76.5 Å². The Balaban J connectivity index is -0.00000000178. The van der Waals surface area contributed by atoms with E-state index < -0.39 is 13.4 Å². The normalized spacial score (nSPS) is 3.87. The average Bonchev–Trinajstić information content (AvgIpc) is 0.722. The van der Waals surface area contributed by atoms with E-state index >= 15 is 0 Å². The van der Waals surface area contributed by atoms with Crippen molar-refractivity contribution in [2.75, 3.05) is 0 Å². The van der Waals surface area contributed by atoms with Gasteiger partial charge in [0.2, 0.25) is 0 Å². The molecule has 0 unspecified atom stereocenters. The topological polar surface area (TPSA) is 390 Å². The van der Waals surface area contributed by atoms with E-state index in [1.54, 1.807) is 0 Å². The SMILES string of the molecule is O.O.O.O.O.O.O.O.O.O.O=[Se](=O)(O)O. The molecule has 0 saturated carbocycles. The molecular formula is H22O14Se. The molecule has 14 nitrogen and oxygen atoms in total. The summed E-state index contributed by atoms with van der Waals surface area (Å²) in [4.78, 5) is 0. The van der Waals surface area contributed by atoms with Crippen molar-refractivity contribution < 1.29 is 70.8 Å². The van der Waals surface area contributed by atoms with Crippen molar-refractivity contribution in [3.05, 3.63) is 0 Å². The second-order valence-corrected chi connectivity index (χ2v) is 2.33. The van der Waals surface area contributed by atoms with Crippen LogP contribution in [0, 0.1) is 0 Å². The Kier molecular flexibility index (Phi) is 939. The zero-order chi connectivity index (χ0) is 4.50.